The van der Waals surface area contributed by atoms with Crippen molar-refractivity contribution in [3.8, 4) is 5.75 Å². The molecule has 0 spiro atoms. The minimum absolute atomic E-state index is 0.0203. The van der Waals surface area contributed by atoms with Crippen molar-refractivity contribution >= 4 is 10.1 Å². The zero-order valence-corrected chi connectivity index (χ0v) is 12.9. The molecule has 1 N–H and O–H groups in total. The Morgan fingerprint density at radius 1 is 1.10 bits per heavy atom. The Balaban J connectivity index is 0.000000159. The van der Waals surface area contributed by atoms with Gasteiger partial charge in [0.15, 0.2) is 0 Å². The van der Waals surface area contributed by atoms with Crippen LogP contribution in [0.5, 0.6) is 5.75 Å². The van der Waals surface area contributed by atoms with Gasteiger partial charge in [-0.05, 0) is 37.1 Å². The van der Waals surface area contributed by atoms with Gasteiger partial charge in [0.1, 0.15) is 5.75 Å². The summed E-state index contributed by atoms with van der Waals surface area (Å²) in [6, 6.07) is 12.9. The molecule has 0 aliphatic carbocycles. The SMILES string of the molecule is Cc1ccc(S(=O)(=O)O)c(C)c1.c1ccc2c(c1)CCO2. The molecule has 2 aromatic carbocycles. The molecule has 0 fully saturated rings. The van der Waals surface area contributed by atoms with Gasteiger partial charge in [-0.1, -0.05) is 35.9 Å². The van der Waals surface area contributed by atoms with E-state index in [0.29, 0.717) is 5.56 Å². The van der Waals surface area contributed by atoms with Gasteiger partial charge in [-0.15, -0.1) is 0 Å². The Kier molecular flexibility index (Phi) is 4.65. The number of hydrogen-bond donors (Lipinski definition) is 1. The smallest absolute Gasteiger partial charge is 0.294 e. The van der Waals surface area contributed by atoms with Crippen molar-refractivity contribution < 1.29 is 17.7 Å². The van der Waals surface area contributed by atoms with Crippen LogP contribution in [0.3, 0.4) is 0 Å². The number of ether oxygens (including phenoxy) is 1. The normalized spacial score (nSPS) is 12.9. The largest absolute Gasteiger partial charge is 0.493 e. The van der Waals surface area contributed by atoms with Crippen LogP contribution in [0.25, 0.3) is 0 Å². The standard InChI is InChI=1S/C8H10O3S.C8H8O/c1-6-3-4-8(7(2)5-6)12(9,10)11;1-2-4-8-7(3-1)5-6-9-8/h3-5H,1-2H3,(H,9,10,11);1-4H,5-6H2. The summed E-state index contributed by atoms with van der Waals surface area (Å²) in [5, 5.41) is 0. The molecule has 0 saturated carbocycles. The lowest BCUT2D eigenvalue weighted by atomic mass is 10.2. The van der Waals surface area contributed by atoms with Crippen molar-refractivity contribution in [3.63, 3.8) is 0 Å². The number of rotatable bonds is 1. The van der Waals surface area contributed by atoms with Crippen LogP contribution in [0, 0.1) is 13.8 Å². The first-order chi connectivity index (χ1) is 9.88. The van der Waals surface area contributed by atoms with Gasteiger partial charge in [0.25, 0.3) is 10.1 Å². The predicted octanol–water partition coefficient (Wildman–Crippen LogP) is 3.17. The highest BCUT2D eigenvalue weighted by Gasteiger charge is 2.11. The fourth-order valence-electron chi connectivity index (χ4n) is 2.21. The van der Waals surface area contributed by atoms with Gasteiger partial charge in [0, 0.05) is 6.42 Å². The summed E-state index contributed by atoms with van der Waals surface area (Å²) < 4.78 is 35.5. The summed E-state index contributed by atoms with van der Waals surface area (Å²) in [5.41, 5.74) is 2.88. The average molecular weight is 306 g/mol. The predicted molar refractivity (Wildman–Crippen MR) is 81.4 cm³/mol. The summed E-state index contributed by atoms with van der Waals surface area (Å²) in [6.07, 6.45) is 1.08. The maximum atomic E-state index is 10.7. The highest BCUT2D eigenvalue weighted by Crippen LogP contribution is 2.23. The monoisotopic (exact) mass is 306 g/mol. The Labute approximate surface area is 125 Å². The fourth-order valence-corrected chi connectivity index (χ4v) is 2.92. The van der Waals surface area contributed by atoms with Gasteiger partial charge in [0.05, 0.1) is 11.5 Å². The van der Waals surface area contributed by atoms with Crippen LogP contribution in [-0.4, -0.2) is 19.6 Å². The molecular formula is C16H18O4S. The van der Waals surface area contributed by atoms with Crippen LogP contribution in [0.2, 0.25) is 0 Å². The molecule has 21 heavy (non-hydrogen) atoms. The number of benzene rings is 2. The summed E-state index contributed by atoms with van der Waals surface area (Å²) >= 11 is 0. The zero-order chi connectivity index (χ0) is 15.5. The van der Waals surface area contributed by atoms with E-state index in [1.807, 2.05) is 25.1 Å². The molecule has 0 unspecified atom stereocenters. The molecular weight excluding hydrogens is 288 g/mol. The van der Waals surface area contributed by atoms with Crippen LogP contribution in [0.15, 0.2) is 47.4 Å². The molecule has 1 heterocycles. The number of para-hydroxylation sites is 1. The first-order valence-corrected chi connectivity index (χ1v) is 8.07. The molecule has 0 radical (unpaired) electrons. The highest BCUT2D eigenvalue weighted by molar-refractivity contribution is 7.85. The van der Waals surface area contributed by atoms with Gasteiger partial charge in [-0.3, -0.25) is 4.55 Å². The summed E-state index contributed by atoms with van der Waals surface area (Å²) in [4.78, 5) is -0.0203. The molecule has 0 saturated heterocycles. The van der Waals surface area contributed by atoms with E-state index >= 15 is 0 Å². The second-order valence-electron chi connectivity index (χ2n) is 4.95. The van der Waals surface area contributed by atoms with E-state index in [4.69, 9.17) is 9.29 Å². The quantitative estimate of drug-likeness (QED) is 0.822. The van der Waals surface area contributed by atoms with Crippen molar-refractivity contribution in [2.45, 2.75) is 25.2 Å². The number of aryl methyl sites for hydroxylation is 2. The number of fused-ring (bicyclic) bond motifs is 1. The van der Waals surface area contributed by atoms with Crippen molar-refractivity contribution in [2.24, 2.45) is 0 Å². The lowest BCUT2D eigenvalue weighted by molar-refractivity contribution is 0.357. The fraction of sp³-hybridized carbons (Fsp3) is 0.250. The molecule has 3 rings (SSSR count). The van der Waals surface area contributed by atoms with E-state index in [9.17, 15) is 8.42 Å². The van der Waals surface area contributed by atoms with E-state index in [-0.39, 0.29) is 4.90 Å². The van der Waals surface area contributed by atoms with Crippen LogP contribution < -0.4 is 4.74 Å². The second-order valence-corrected chi connectivity index (χ2v) is 6.34. The van der Waals surface area contributed by atoms with Gasteiger partial charge in [-0.2, -0.15) is 8.42 Å². The molecule has 2 aromatic rings. The molecule has 0 atom stereocenters. The van der Waals surface area contributed by atoms with Gasteiger partial charge >= 0.3 is 0 Å². The maximum Gasteiger partial charge on any atom is 0.294 e. The summed E-state index contributed by atoms with van der Waals surface area (Å²) in [6.45, 7) is 4.37. The summed E-state index contributed by atoms with van der Waals surface area (Å²) in [7, 11) is -4.05. The molecule has 4 nitrogen and oxygen atoms in total. The van der Waals surface area contributed by atoms with E-state index in [0.717, 1.165) is 24.3 Å². The Morgan fingerprint density at radius 3 is 2.43 bits per heavy atom. The molecule has 5 heteroatoms. The van der Waals surface area contributed by atoms with Crippen LogP contribution in [-0.2, 0) is 16.5 Å². The lowest BCUT2D eigenvalue weighted by Gasteiger charge is -2.02. The second kappa shape index (κ2) is 6.28. The van der Waals surface area contributed by atoms with Crippen molar-refractivity contribution in [3.05, 3.63) is 59.2 Å². The van der Waals surface area contributed by atoms with Crippen molar-refractivity contribution in [2.75, 3.05) is 6.61 Å². The average Bonchev–Trinajstić information content (AvgIpc) is 2.85. The van der Waals surface area contributed by atoms with Gasteiger partial charge in [0.2, 0.25) is 0 Å². The Hall–Kier alpha value is -1.85. The molecule has 1 aliphatic rings. The summed E-state index contributed by atoms with van der Waals surface area (Å²) in [5.74, 6) is 1.07. The van der Waals surface area contributed by atoms with E-state index < -0.39 is 10.1 Å². The minimum atomic E-state index is -4.05. The number of hydrogen-bond acceptors (Lipinski definition) is 3. The Bertz CT molecular complexity index is 713. The lowest BCUT2D eigenvalue weighted by Crippen LogP contribution is -2.00. The van der Waals surface area contributed by atoms with E-state index in [2.05, 4.69) is 6.07 Å². The van der Waals surface area contributed by atoms with Crippen LogP contribution >= 0.6 is 0 Å². The van der Waals surface area contributed by atoms with Crippen LogP contribution in [0.1, 0.15) is 16.7 Å². The first kappa shape index (κ1) is 15.5. The van der Waals surface area contributed by atoms with Gasteiger partial charge in [-0.25, -0.2) is 0 Å². The van der Waals surface area contributed by atoms with E-state index in [1.54, 1.807) is 19.1 Å². The third kappa shape index (κ3) is 4.06. The van der Waals surface area contributed by atoms with E-state index in [1.165, 1.54) is 11.6 Å². The van der Waals surface area contributed by atoms with Crippen LogP contribution in [0.4, 0.5) is 0 Å². The third-order valence-corrected chi connectivity index (χ3v) is 4.22. The highest BCUT2D eigenvalue weighted by atomic mass is 32.2. The third-order valence-electron chi connectivity index (χ3n) is 3.21. The van der Waals surface area contributed by atoms with Gasteiger partial charge < -0.3 is 4.74 Å². The molecule has 1 aliphatic heterocycles. The zero-order valence-electron chi connectivity index (χ0n) is 12.0. The minimum Gasteiger partial charge on any atom is -0.493 e. The Morgan fingerprint density at radius 2 is 1.81 bits per heavy atom. The maximum absolute atomic E-state index is 10.7. The molecule has 112 valence electrons. The molecule has 0 bridgehead atoms. The van der Waals surface area contributed by atoms with Crippen molar-refractivity contribution in [1.29, 1.82) is 0 Å². The molecule has 0 amide bonds. The molecule has 0 aromatic heterocycles. The topological polar surface area (TPSA) is 63.6 Å². The first-order valence-electron chi connectivity index (χ1n) is 6.63. The van der Waals surface area contributed by atoms with Crippen molar-refractivity contribution in [1.82, 2.24) is 0 Å².